The summed E-state index contributed by atoms with van der Waals surface area (Å²) in [5.41, 5.74) is 3.85. The molecule has 0 aliphatic carbocycles. The van der Waals surface area contributed by atoms with E-state index in [1.807, 2.05) is 13.8 Å². The summed E-state index contributed by atoms with van der Waals surface area (Å²) in [5.74, 6) is 0. The van der Waals surface area contributed by atoms with Crippen molar-refractivity contribution >= 4 is 11.3 Å². The second kappa shape index (κ2) is 7.77. The summed E-state index contributed by atoms with van der Waals surface area (Å²) in [6, 6.07) is 10.6. The zero-order valence-corrected chi connectivity index (χ0v) is 12.0. The van der Waals surface area contributed by atoms with Crippen molar-refractivity contribution in [3.05, 3.63) is 62.2 Å². The molecule has 0 aliphatic rings. The third-order valence-electron chi connectivity index (χ3n) is 2.42. The SMILES string of the molecule is CC.Cc1cccc(Cc2csc(CN=O)c2)c1. The van der Waals surface area contributed by atoms with E-state index in [0.717, 1.165) is 11.3 Å². The second-order valence-electron chi connectivity index (χ2n) is 3.87. The highest BCUT2D eigenvalue weighted by Gasteiger charge is 2.01. The monoisotopic (exact) mass is 261 g/mol. The van der Waals surface area contributed by atoms with Gasteiger partial charge in [0.15, 0.2) is 0 Å². The Kier molecular flexibility index (Phi) is 6.29. The Labute approximate surface area is 113 Å². The number of rotatable bonds is 4. The Morgan fingerprint density at radius 3 is 2.61 bits per heavy atom. The van der Waals surface area contributed by atoms with Gasteiger partial charge in [-0.25, -0.2) is 0 Å². The van der Waals surface area contributed by atoms with Gasteiger partial charge in [-0.1, -0.05) is 48.9 Å². The summed E-state index contributed by atoms with van der Waals surface area (Å²) in [5, 5.41) is 5.00. The quantitative estimate of drug-likeness (QED) is 0.717. The highest BCUT2D eigenvalue weighted by atomic mass is 32.1. The zero-order chi connectivity index (χ0) is 13.4. The molecule has 1 aromatic carbocycles. The van der Waals surface area contributed by atoms with E-state index in [9.17, 15) is 4.91 Å². The first kappa shape index (κ1) is 14.6. The molecule has 0 amide bonds. The fourth-order valence-electron chi connectivity index (χ4n) is 1.72. The Balaban J connectivity index is 0.000000771. The molecule has 1 aromatic heterocycles. The van der Waals surface area contributed by atoms with E-state index in [4.69, 9.17) is 0 Å². The van der Waals surface area contributed by atoms with Crippen LogP contribution in [0.4, 0.5) is 0 Å². The van der Waals surface area contributed by atoms with E-state index in [1.54, 1.807) is 11.3 Å². The molecular weight excluding hydrogens is 242 g/mol. The summed E-state index contributed by atoms with van der Waals surface area (Å²) in [6.07, 6.45) is 0.928. The molecule has 0 N–H and O–H groups in total. The molecule has 2 nitrogen and oxygen atoms in total. The van der Waals surface area contributed by atoms with Crippen LogP contribution in [0.3, 0.4) is 0 Å². The molecule has 1 heterocycles. The third kappa shape index (κ3) is 4.41. The lowest BCUT2D eigenvalue weighted by Gasteiger charge is -2.00. The van der Waals surface area contributed by atoms with Gasteiger partial charge in [-0.15, -0.1) is 11.3 Å². The zero-order valence-electron chi connectivity index (χ0n) is 11.1. The van der Waals surface area contributed by atoms with Gasteiger partial charge in [0, 0.05) is 4.88 Å². The van der Waals surface area contributed by atoms with Crippen molar-refractivity contribution in [3.8, 4) is 0 Å². The van der Waals surface area contributed by atoms with E-state index in [1.165, 1.54) is 16.7 Å². The summed E-state index contributed by atoms with van der Waals surface area (Å²) in [6.45, 7) is 6.39. The molecule has 0 bridgehead atoms. The first-order valence-electron chi connectivity index (χ1n) is 6.19. The van der Waals surface area contributed by atoms with E-state index >= 15 is 0 Å². The fraction of sp³-hybridized carbons (Fsp3) is 0.333. The van der Waals surface area contributed by atoms with Gasteiger partial charge < -0.3 is 0 Å². The molecule has 0 atom stereocenters. The second-order valence-corrected chi connectivity index (χ2v) is 4.87. The van der Waals surface area contributed by atoms with Crippen LogP contribution in [0.15, 0.2) is 40.9 Å². The smallest absolute Gasteiger partial charge is 0.115 e. The van der Waals surface area contributed by atoms with Gasteiger partial charge in [-0.05, 0) is 35.9 Å². The van der Waals surface area contributed by atoms with Crippen molar-refractivity contribution in [2.24, 2.45) is 5.18 Å². The van der Waals surface area contributed by atoms with Crippen LogP contribution in [-0.2, 0) is 13.0 Å². The first-order chi connectivity index (χ1) is 8.78. The third-order valence-corrected chi connectivity index (χ3v) is 3.39. The summed E-state index contributed by atoms with van der Waals surface area (Å²) >= 11 is 1.60. The van der Waals surface area contributed by atoms with Crippen LogP contribution in [-0.4, -0.2) is 0 Å². The fourth-order valence-corrected chi connectivity index (χ4v) is 2.52. The molecule has 3 heteroatoms. The van der Waals surface area contributed by atoms with E-state index < -0.39 is 0 Å². The van der Waals surface area contributed by atoms with E-state index in [2.05, 4.69) is 47.8 Å². The number of thiophene rings is 1. The molecule has 0 unspecified atom stereocenters. The molecule has 0 saturated heterocycles. The van der Waals surface area contributed by atoms with Crippen LogP contribution in [0.1, 0.15) is 35.4 Å². The van der Waals surface area contributed by atoms with Crippen LogP contribution >= 0.6 is 11.3 Å². The Morgan fingerprint density at radius 2 is 1.94 bits per heavy atom. The van der Waals surface area contributed by atoms with E-state index in [-0.39, 0.29) is 0 Å². The molecule has 0 fully saturated rings. The Morgan fingerprint density at radius 1 is 1.17 bits per heavy atom. The van der Waals surface area contributed by atoms with Crippen molar-refractivity contribution in [2.75, 3.05) is 0 Å². The van der Waals surface area contributed by atoms with Crippen molar-refractivity contribution < 1.29 is 0 Å². The average Bonchev–Trinajstić information content (AvgIpc) is 2.80. The molecule has 0 saturated carbocycles. The Hall–Kier alpha value is -1.48. The van der Waals surface area contributed by atoms with E-state index in [0.29, 0.717) is 6.54 Å². The number of benzene rings is 1. The van der Waals surface area contributed by atoms with Crippen molar-refractivity contribution in [1.82, 2.24) is 0 Å². The molecule has 18 heavy (non-hydrogen) atoms. The lowest BCUT2D eigenvalue weighted by molar-refractivity contribution is 1.08. The van der Waals surface area contributed by atoms with Gasteiger partial charge in [0.2, 0.25) is 0 Å². The molecule has 2 rings (SSSR count). The molecule has 2 aromatic rings. The molecule has 0 spiro atoms. The van der Waals surface area contributed by atoms with Gasteiger partial charge in [0.1, 0.15) is 6.54 Å². The van der Waals surface area contributed by atoms with Gasteiger partial charge in [-0.3, -0.25) is 0 Å². The van der Waals surface area contributed by atoms with Gasteiger partial charge in [0.05, 0.1) is 0 Å². The minimum atomic E-state index is 0.290. The van der Waals surface area contributed by atoms with Crippen LogP contribution in [0, 0.1) is 11.8 Å². The molecular formula is C15H19NOS. The highest BCUT2D eigenvalue weighted by molar-refractivity contribution is 7.10. The maximum atomic E-state index is 10.1. The minimum absolute atomic E-state index is 0.290. The van der Waals surface area contributed by atoms with Crippen molar-refractivity contribution in [1.29, 1.82) is 0 Å². The standard InChI is InChI=1S/C13H13NOS.C2H6/c1-10-3-2-4-11(5-10)6-12-7-13(8-14-15)16-9-12;1-2/h2-5,7,9H,6,8H2,1H3;1-2H3. The lowest BCUT2D eigenvalue weighted by atomic mass is 10.1. The first-order valence-corrected chi connectivity index (χ1v) is 7.07. The predicted octanol–water partition coefficient (Wildman–Crippen LogP) is 4.94. The lowest BCUT2D eigenvalue weighted by Crippen LogP contribution is -1.86. The topological polar surface area (TPSA) is 29.4 Å². The van der Waals surface area contributed by atoms with Crippen LogP contribution in [0.5, 0.6) is 0 Å². The minimum Gasteiger partial charge on any atom is -0.150 e. The maximum Gasteiger partial charge on any atom is 0.115 e. The number of nitroso groups, excluding NO2 is 1. The van der Waals surface area contributed by atoms with Crippen LogP contribution in [0.2, 0.25) is 0 Å². The van der Waals surface area contributed by atoms with Crippen molar-refractivity contribution in [3.63, 3.8) is 0 Å². The summed E-state index contributed by atoms with van der Waals surface area (Å²) in [4.78, 5) is 11.2. The van der Waals surface area contributed by atoms with Crippen LogP contribution < -0.4 is 0 Å². The summed E-state index contributed by atoms with van der Waals surface area (Å²) < 4.78 is 0. The molecule has 0 radical (unpaired) electrons. The summed E-state index contributed by atoms with van der Waals surface area (Å²) in [7, 11) is 0. The normalized spacial score (nSPS) is 9.50. The van der Waals surface area contributed by atoms with Crippen LogP contribution in [0.25, 0.3) is 0 Å². The number of nitrogens with zero attached hydrogens (tertiary/aromatic N) is 1. The molecule has 96 valence electrons. The van der Waals surface area contributed by atoms with Crippen molar-refractivity contribution in [2.45, 2.75) is 33.7 Å². The Bertz CT molecular complexity index is 491. The molecule has 0 aliphatic heterocycles. The number of aryl methyl sites for hydroxylation is 1. The number of hydrogen-bond acceptors (Lipinski definition) is 3. The van der Waals surface area contributed by atoms with Gasteiger partial charge >= 0.3 is 0 Å². The maximum absolute atomic E-state index is 10.1. The highest BCUT2D eigenvalue weighted by Crippen LogP contribution is 2.19. The number of hydrogen-bond donors (Lipinski definition) is 0. The van der Waals surface area contributed by atoms with Gasteiger partial charge in [-0.2, -0.15) is 4.91 Å². The average molecular weight is 261 g/mol. The van der Waals surface area contributed by atoms with Gasteiger partial charge in [0.25, 0.3) is 0 Å². The predicted molar refractivity (Wildman–Crippen MR) is 79.2 cm³/mol. The largest absolute Gasteiger partial charge is 0.150 e.